The fourth-order valence-electron chi connectivity index (χ4n) is 4.35. The molecule has 0 aliphatic carbocycles. The Bertz CT molecular complexity index is 940. The van der Waals surface area contributed by atoms with Gasteiger partial charge in [-0.25, -0.2) is 8.61 Å². The third-order valence-electron chi connectivity index (χ3n) is 6.29. The summed E-state index contributed by atoms with van der Waals surface area (Å²) >= 11 is 0. The van der Waals surface area contributed by atoms with E-state index < -0.39 is 75.7 Å². The molecule has 2 fully saturated rings. The summed E-state index contributed by atoms with van der Waals surface area (Å²) < 4.78 is 128. The number of piperidine rings is 2. The fraction of sp³-hybridized carbons (Fsp3) is 0.889. The molecule has 0 radical (unpaired) electrons. The van der Waals surface area contributed by atoms with Crippen LogP contribution in [0.2, 0.25) is 0 Å². The van der Waals surface area contributed by atoms with Crippen LogP contribution in [0, 0.1) is 0 Å². The normalized spacial score (nSPS) is 24.0. The van der Waals surface area contributed by atoms with Crippen molar-refractivity contribution in [2.45, 2.75) is 87.6 Å². The van der Waals surface area contributed by atoms with Crippen LogP contribution in [0.1, 0.15) is 52.4 Å². The van der Waals surface area contributed by atoms with E-state index in [9.17, 15) is 52.8 Å². The van der Waals surface area contributed by atoms with Gasteiger partial charge in [-0.1, -0.05) is 12.8 Å². The Hall–Kier alpha value is -1.66. The zero-order valence-electron chi connectivity index (χ0n) is 19.4. The Kier molecular flexibility index (Phi) is 9.33. The number of nitrogens with one attached hydrogen (secondary N) is 2. The summed E-state index contributed by atoms with van der Waals surface area (Å²) in [4.78, 5) is 26.0. The molecule has 0 aromatic heterocycles. The number of nitrogens with zero attached hydrogens (tertiary/aromatic N) is 2. The lowest BCUT2D eigenvalue weighted by molar-refractivity contribution is -0.149. The average Bonchev–Trinajstić information content (AvgIpc) is 2.78. The van der Waals surface area contributed by atoms with Gasteiger partial charge in [-0.2, -0.15) is 43.2 Å². The van der Waals surface area contributed by atoms with E-state index in [2.05, 4.69) is 10.6 Å². The molecular weight excluding hydrogens is 546 g/mol. The summed E-state index contributed by atoms with van der Waals surface area (Å²) in [5.41, 5.74) is -12.2. The van der Waals surface area contributed by atoms with Crippen LogP contribution in [0.5, 0.6) is 0 Å². The highest BCUT2D eigenvalue weighted by atomic mass is 32.2. The van der Waals surface area contributed by atoms with E-state index in [4.69, 9.17) is 0 Å². The number of alkyl halides is 6. The highest BCUT2D eigenvalue weighted by molar-refractivity contribution is 7.91. The van der Waals surface area contributed by atoms with Gasteiger partial charge in [-0.3, -0.25) is 9.59 Å². The number of hydrogen-bond acceptors (Lipinski definition) is 8. The third-order valence-corrected chi connectivity index (χ3v) is 9.49. The van der Waals surface area contributed by atoms with Crippen LogP contribution in [-0.2, 0) is 29.6 Å². The minimum absolute atomic E-state index is 0.0967. The molecule has 2 heterocycles. The summed E-state index contributed by atoms with van der Waals surface area (Å²) in [6.07, 6.45) is 2.24. The Labute approximate surface area is 204 Å². The first-order chi connectivity index (χ1) is 16.4. The van der Waals surface area contributed by atoms with Gasteiger partial charge in [0, 0.05) is 12.1 Å². The Morgan fingerprint density at radius 2 is 1.00 bits per heavy atom. The maximum absolute atomic E-state index is 13.5. The van der Waals surface area contributed by atoms with Crippen molar-refractivity contribution in [3.05, 3.63) is 0 Å². The quantitative estimate of drug-likeness (QED) is 0.360. The number of halogens is 6. The average molecular weight is 575 g/mol. The van der Waals surface area contributed by atoms with Gasteiger partial charge in [0.25, 0.3) is 0 Å². The molecule has 0 aromatic carbocycles. The zero-order valence-corrected chi connectivity index (χ0v) is 21.0. The van der Waals surface area contributed by atoms with Gasteiger partial charge in [-0.05, 0) is 52.6 Å². The maximum Gasteiger partial charge on any atom is 0.516 e. The molecule has 2 aliphatic heterocycles. The summed E-state index contributed by atoms with van der Waals surface area (Å²) in [6, 6.07) is -5.85. The largest absolute Gasteiger partial charge is 0.516 e. The predicted octanol–water partition coefficient (Wildman–Crippen LogP) is 1.40. The summed E-state index contributed by atoms with van der Waals surface area (Å²) in [5.74, 6) is -5.11. The molecule has 4 atom stereocenters. The topological polar surface area (TPSA) is 133 Å². The molecule has 2 rings (SSSR count). The molecule has 36 heavy (non-hydrogen) atoms. The molecule has 210 valence electrons. The van der Waals surface area contributed by atoms with Gasteiger partial charge in [0.1, 0.15) is 0 Å². The first kappa shape index (κ1) is 30.6. The van der Waals surface area contributed by atoms with E-state index >= 15 is 0 Å². The first-order valence-corrected chi connectivity index (χ1v) is 14.0. The summed E-state index contributed by atoms with van der Waals surface area (Å²) in [6.45, 7) is 2.25. The van der Waals surface area contributed by atoms with Gasteiger partial charge in [0.05, 0.1) is 12.1 Å². The minimum atomic E-state index is -6.59. The predicted molar refractivity (Wildman–Crippen MR) is 114 cm³/mol. The fourth-order valence-corrected chi connectivity index (χ4v) is 6.55. The van der Waals surface area contributed by atoms with Crippen molar-refractivity contribution >= 4 is 31.9 Å². The number of carbonyl (C=O) groups excluding carboxylic acids is 2. The zero-order chi connectivity index (χ0) is 27.7. The van der Waals surface area contributed by atoms with Crippen LogP contribution in [0.3, 0.4) is 0 Å². The SMILES string of the molecule is CC(C1CCCCN1)N(C(=O)C(=O)N(C(C)C1CCCCN1)S(=O)(=O)C(F)(F)F)S(=O)(=O)C(F)(F)F. The lowest BCUT2D eigenvalue weighted by Crippen LogP contribution is -2.63. The van der Waals surface area contributed by atoms with Crippen molar-refractivity contribution in [2.75, 3.05) is 13.1 Å². The van der Waals surface area contributed by atoms with Gasteiger partial charge in [0.15, 0.2) is 0 Å². The number of amides is 2. The number of hydrogen-bond donors (Lipinski definition) is 2. The first-order valence-electron chi connectivity index (χ1n) is 11.1. The smallest absolute Gasteiger partial charge is 0.312 e. The molecule has 2 N–H and O–H groups in total. The standard InChI is InChI=1S/C18H28F6N4O6S2/c1-11(13-7-3-5-9-25-13)27(35(31,32)17(19,20)21)15(29)16(30)28(36(33,34)18(22,23)24)12(2)14-8-4-6-10-26-14/h11-14,25-26H,3-10H2,1-2H3. The number of sulfonamides is 2. The van der Waals surface area contributed by atoms with Gasteiger partial charge in [-0.15, -0.1) is 0 Å². The molecule has 0 aromatic rings. The van der Waals surface area contributed by atoms with Crippen molar-refractivity contribution in [3.8, 4) is 0 Å². The molecule has 2 amide bonds. The van der Waals surface area contributed by atoms with E-state index in [1.807, 2.05) is 0 Å². The molecule has 4 unspecified atom stereocenters. The second-order valence-corrected chi connectivity index (χ2v) is 12.3. The molecule has 2 saturated heterocycles. The van der Waals surface area contributed by atoms with Crippen LogP contribution in [-0.4, -0.2) is 85.5 Å². The Balaban J connectivity index is 2.60. The van der Waals surface area contributed by atoms with Crippen LogP contribution >= 0.6 is 0 Å². The highest BCUT2D eigenvalue weighted by Crippen LogP contribution is 2.34. The second kappa shape index (κ2) is 11.0. The van der Waals surface area contributed by atoms with Crippen LogP contribution in [0.25, 0.3) is 0 Å². The lowest BCUT2D eigenvalue weighted by atomic mass is 9.98. The maximum atomic E-state index is 13.5. The molecular formula is C18H28F6N4O6S2. The molecule has 0 saturated carbocycles. The van der Waals surface area contributed by atoms with E-state index in [0.717, 1.165) is 13.8 Å². The highest BCUT2D eigenvalue weighted by Gasteiger charge is 2.59. The van der Waals surface area contributed by atoms with Crippen molar-refractivity contribution in [3.63, 3.8) is 0 Å². The van der Waals surface area contributed by atoms with E-state index in [1.54, 1.807) is 0 Å². The minimum Gasteiger partial charge on any atom is -0.312 e. The van der Waals surface area contributed by atoms with Gasteiger partial charge < -0.3 is 10.6 Å². The summed E-state index contributed by atoms with van der Waals surface area (Å²) in [5, 5.41) is 5.43. The van der Waals surface area contributed by atoms with Gasteiger partial charge in [0.2, 0.25) is 0 Å². The molecule has 18 heteroatoms. The van der Waals surface area contributed by atoms with E-state index in [-0.39, 0.29) is 25.9 Å². The number of carbonyl (C=O) groups is 2. The Morgan fingerprint density at radius 3 is 1.22 bits per heavy atom. The summed E-state index contributed by atoms with van der Waals surface area (Å²) in [7, 11) is -13.2. The van der Waals surface area contributed by atoms with E-state index in [1.165, 1.54) is 0 Å². The van der Waals surface area contributed by atoms with Crippen LogP contribution in [0.4, 0.5) is 26.3 Å². The van der Waals surface area contributed by atoms with Crippen LogP contribution < -0.4 is 10.6 Å². The molecule has 0 bridgehead atoms. The molecule has 0 spiro atoms. The third kappa shape index (κ3) is 6.07. The monoisotopic (exact) mass is 574 g/mol. The van der Waals surface area contributed by atoms with Crippen LogP contribution in [0.15, 0.2) is 0 Å². The van der Waals surface area contributed by atoms with Crippen molar-refractivity contribution in [1.29, 1.82) is 0 Å². The van der Waals surface area contributed by atoms with Crippen molar-refractivity contribution < 1.29 is 52.8 Å². The molecule has 2 aliphatic rings. The molecule has 10 nitrogen and oxygen atoms in total. The van der Waals surface area contributed by atoms with Crippen molar-refractivity contribution in [1.82, 2.24) is 19.2 Å². The number of rotatable bonds is 6. The second-order valence-electron chi connectivity index (χ2n) is 8.70. The Morgan fingerprint density at radius 1 is 0.694 bits per heavy atom. The van der Waals surface area contributed by atoms with E-state index in [0.29, 0.717) is 25.7 Å². The van der Waals surface area contributed by atoms with Gasteiger partial charge >= 0.3 is 42.9 Å². The van der Waals surface area contributed by atoms with Crippen molar-refractivity contribution in [2.24, 2.45) is 0 Å². The lowest BCUT2D eigenvalue weighted by Gasteiger charge is -2.39.